The van der Waals surface area contributed by atoms with E-state index in [1.165, 1.54) is 0 Å². The molecule has 1 heterocycles. The monoisotopic (exact) mass is 220 g/mol. The highest BCUT2D eigenvalue weighted by atomic mass is 16.3. The normalized spacial score (nSPS) is 9.75. The average Bonchev–Trinajstić information content (AvgIpc) is 2.77. The zero-order valence-corrected chi connectivity index (χ0v) is 9.45. The summed E-state index contributed by atoms with van der Waals surface area (Å²) in [6, 6.07) is 5.56. The van der Waals surface area contributed by atoms with Crippen molar-refractivity contribution in [1.29, 1.82) is 5.26 Å². The fraction of sp³-hybridized carbons (Fsp3) is 0.500. The van der Waals surface area contributed by atoms with Gasteiger partial charge in [0.15, 0.2) is 5.76 Å². The molecule has 0 bridgehead atoms. The van der Waals surface area contributed by atoms with E-state index in [1.54, 1.807) is 6.07 Å². The van der Waals surface area contributed by atoms with Crippen LogP contribution in [0.4, 0.5) is 0 Å². The molecule has 0 radical (unpaired) electrons. The van der Waals surface area contributed by atoms with E-state index in [1.807, 2.05) is 13.0 Å². The van der Waals surface area contributed by atoms with Gasteiger partial charge in [0, 0.05) is 19.4 Å². The van der Waals surface area contributed by atoms with Crippen LogP contribution in [0.5, 0.6) is 0 Å². The number of unbranched alkanes of at least 4 members (excludes halogenated alkanes) is 2. The quantitative estimate of drug-likeness (QED) is 0.748. The van der Waals surface area contributed by atoms with Crippen LogP contribution in [0, 0.1) is 11.3 Å². The smallest absolute Gasteiger partial charge is 0.286 e. The summed E-state index contributed by atoms with van der Waals surface area (Å²) in [6.07, 6.45) is 2.96. The molecule has 1 N–H and O–H groups in total. The predicted molar refractivity (Wildman–Crippen MR) is 59.9 cm³/mol. The number of furan rings is 1. The van der Waals surface area contributed by atoms with Crippen LogP contribution >= 0.6 is 0 Å². The minimum Gasteiger partial charge on any atom is -0.456 e. The summed E-state index contributed by atoms with van der Waals surface area (Å²) in [5, 5.41) is 11.1. The summed E-state index contributed by atoms with van der Waals surface area (Å²) in [5.74, 6) is 0.989. The van der Waals surface area contributed by atoms with Crippen molar-refractivity contribution in [3.05, 3.63) is 23.7 Å². The molecule has 1 amide bonds. The van der Waals surface area contributed by atoms with Crippen LogP contribution in [0.25, 0.3) is 0 Å². The number of rotatable bonds is 6. The first kappa shape index (κ1) is 12.3. The third-order valence-electron chi connectivity index (χ3n) is 2.23. The predicted octanol–water partition coefficient (Wildman–Crippen LogP) is 2.27. The summed E-state index contributed by atoms with van der Waals surface area (Å²) >= 11 is 0. The van der Waals surface area contributed by atoms with Gasteiger partial charge in [-0.15, -0.1) is 0 Å². The average molecular weight is 220 g/mol. The number of amides is 1. The number of nitriles is 1. The summed E-state index contributed by atoms with van der Waals surface area (Å²) in [7, 11) is 0. The Bertz CT molecular complexity index is 377. The van der Waals surface area contributed by atoms with E-state index in [0.717, 1.165) is 25.0 Å². The number of nitrogens with zero attached hydrogens (tertiary/aromatic N) is 1. The summed E-state index contributed by atoms with van der Waals surface area (Å²) < 4.78 is 5.31. The molecule has 0 unspecified atom stereocenters. The molecular formula is C12H16N2O2. The Hall–Kier alpha value is -1.76. The largest absolute Gasteiger partial charge is 0.456 e. The number of nitrogens with one attached hydrogen (secondary N) is 1. The maximum atomic E-state index is 11.5. The molecule has 86 valence electrons. The molecule has 0 saturated carbocycles. The summed E-state index contributed by atoms with van der Waals surface area (Å²) in [5.41, 5.74) is 0. The second kappa shape index (κ2) is 6.67. The molecule has 4 heteroatoms. The fourth-order valence-corrected chi connectivity index (χ4v) is 1.31. The lowest BCUT2D eigenvalue weighted by Gasteiger charge is -2.01. The third kappa shape index (κ3) is 3.77. The highest BCUT2D eigenvalue weighted by molar-refractivity contribution is 5.91. The number of aryl methyl sites for hydroxylation is 1. The molecular weight excluding hydrogens is 204 g/mol. The van der Waals surface area contributed by atoms with Crippen molar-refractivity contribution < 1.29 is 9.21 Å². The lowest BCUT2D eigenvalue weighted by molar-refractivity contribution is 0.0923. The second-order valence-corrected chi connectivity index (χ2v) is 3.49. The molecule has 0 fully saturated rings. The molecule has 0 spiro atoms. The minimum absolute atomic E-state index is 0.184. The molecule has 1 aromatic rings. The van der Waals surface area contributed by atoms with Crippen LogP contribution in [-0.2, 0) is 6.42 Å². The molecule has 0 aliphatic carbocycles. The topological polar surface area (TPSA) is 66.0 Å². The second-order valence-electron chi connectivity index (χ2n) is 3.49. The number of hydrogen-bond acceptors (Lipinski definition) is 3. The molecule has 0 aliphatic heterocycles. The first-order valence-corrected chi connectivity index (χ1v) is 5.51. The van der Waals surface area contributed by atoms with Gasteiger partial charge in [-0.05, 0) is 25.0 Å². The van der Waals surface area contributed by atoms with Gasteiger partial charge in [-0.1, -0.05) is 6.92 Å². The van der Waals surface area contributed by atoms with Gasteiger partial charge in [0.25, 0.3) is 5.91 Å². The molecule has 1 aromatic heterocycles. The SMILES string of the molecule is CCc1ccc(C(=O)NCCCCC#N)o1. The van der Waals surface area contributed by atoms with Crippen molar-refractivity contribution >= 4 is 5.91 Å². The first-order chi connectivity index (χ1) is 7.77. The van der Waals surface area contributed by atoms with E-state index in [0.29, 0.717) is 18.7 Å². The van der Waals surface area contributed by atoms with Gasteiger partial charge in [0.1, 0.15) is 5.76 Å². The fourth-order valence-electron chi connectivity index (χ4n) is 1.31. The highest BCUT2D eigenvalue weighted by Crippen LogP contribution is 2.08. The van der Waals surface area contributed by atoms with Gasteiger partial charge < -0.3 is 9.73 Å². The van der Waals surface area contributed by atoms with Crippen LogP contribution in [0.2, 0.25) is 0 Å². The minimum atomic E-state index is -0.184. The van der Waals surface area contributed by atoms with E-state index >= 15 is 0 Å². The Morgan fingerprint density at radius 1 is 1.50 bits per heavy atom. The molecule has 0 aromatic carbocycles. The third-order valence-corrected chi connectivity index (χ3v) is 2.23. The van der Waals surface area contributed by atoms with E-state index in [-0.39, 0.29) is 5.91 Å². The standard InChI is InChI=1S/C12H16N2O2/c1-2-10-6-7-11(16-10)12(15)14-9-5-3-4-8-13/h6-7H,2-5,9H2,1H3,(H,14,15). The van der Waals surface area contributed by atoms with Gasteiger partial charge in [-0.25, -0.2) is 0 Å². The van der Waals surface area contributed by atoms with E-state index in [9.17, 15) is 4.79 Å². The van der Waals surface area contributed by atoms with Gasteiger partial charge in [0.05, 0.1) is 6.07 Å². The van der Waals surface area contributed by atoms with Gasteiger partial charge in [-0.3, -0.25) is 4.79 Å². The number of carbonyl (C=O) groups excluding carboxylic acids is 1. The van der Waals surface area contributed by atoms with E-state index < -0.39 is 0 Å². The maximum absolute atomic E-state index is 11.5. The van der Waals surface area contributed by atoms with Crippen LogP contribution in [0.15, 0.2) is 16.5 Å². The molecule has 0 atom stereocenters. The molecule has 4 nitrogen and oxygen atoms in total. The lowest BCUT2D eigenvalue weighted by atomic mass is 10.2. The Labute approximate surface area is 95.2 Å². The molecule has 16 heavy (non-hydrogen) atoms. The van der Waals surface area contributed by atoms with Crippen LogP contribution in [0.1, 0.15) is 42.5 Å². The zero-order valence-electron chi connectivity index (χ0n) is 9.45. The molecule has 1 rings (SSSR count). The molecule has 0 aliphatic rings. The van der Waals surface area contributed by atoms with Crippen molar-refractivity contribution in [2.24, 2.45) is 0 Å². The molecule has 0 saturated heterocycles. The lowest BCUT2D eigenvalue weighted by Crippen LogP contribution is -2.23. The Morgan fingerprint density at radius 2 is 2.31 bits per heavy atom. The van der Waals surface area contributed by atoms with Gasteiger partial charge in [-0.2, -0.15) is 5.26 Å². The number of carbonyl (C=O) groups is 1. The Balaban J connectivity index is 2.27. The van der Waals surface area contributed by atoms with Crippen LogP contribution in [-0.4, -0.2) is 12.5 Å². The Morgan fingerprint density at radius 3 is 2.94 bits per heavy atom. The van der Waals surface area contributed by atoms with Crippen molar-refractivity contribution in [1.82, 2.24) is 5.32 Å². The first-order valence-electron chi connectivity index (χ1n) is 5.51. The summed E-state index contributed by atoms with van der Waals surface area (Å²) in [4.78, 5) is 11.5. The Kier molecular flexibility index (Phi) is 5.13. The number of hydrogen-bond donors (Lipinski definition) is 1. The van der Waals surface area contributed by atoms with E-state index in [4.69, 9.17) is 9.68 Å². The van der Waals surface area contributed by atoms with Crippen LogP contribution < -0.4 is 5.32 Å². The van der Waals surface area contributed by atoms with Crippen molar-refractivity contribution in [2.45, 2.75) is 32.6 Å². The zero-order chi connectivity index (χ0) is 11.8. The summed E-state index contributed by atoms with van der Waals surface area (Å²) in [6.45, 7) is 2.56. The van der Waals surface area contributed by atoms with Gasteiger partial charge in [0.2, 0.25) is 0 Å². The van der Waals surface area contributed by atoms with Gasteiger partial charge >= 0.3 is 0 Å². The maximum Gasteiger partial charge on any atom is 0.286 e. The van der Waals surface area contributed by atoms with Crippen molar-refractivity contribution in [3.8, 4) is 6.07 Å². The van der Waals surface area contributed by atoms with Crippen molar-refractivity contribution in [2.75, 3.05) is 6.54 Å². The van der Waals surface area contributed by atoms with Crippen molar-refractivity contribution in [3.63, 3.8) is 0 Å². The highest BCUT2D eigenvalue weighted by Gasteiger charge is 2.09. The van der Waals surface area contributed by atoms with Crippen LogP contribution in [0.3, 0.4) is 0 Å². The van der Waals surface area contributed by atoms with E-state index in [2.05, 4.69) is 11.4 Å².